The third-order valence-electron chi connectivity index (χ3n) is 2.81. The van der Waals surface area contributed by atoms with Gasteiger partial charge in [0.2, 0.25) is 0 Å². The van der Waals surface area contributed by atoms with Crippen LogP contribution in [0.2, 0.25) is 0 Å². The summed E-state index contributed by atoms with van der Waals surface area (Å²) in [5.41, 5.74) is 8.25. The molecular weight excluding hydrogens is 218 g/mol. The number of benzene rings is 1. The van der Waals surface area contributed by atoms with Gasteiger partial charge < -0.3 is 10.5 Å². The van der Waals surface area contributed by atoms with Crippen LogP contribution in [-0.2, 0) is 12.8 Å². The normalized spacial score (nSPS) is 12.2. The molecule has 3 heteroatoms. The molecular formula is C13H19NOS. The second kappa shape index (κ2) is 5.85. The molecule has 1 aromatic carbocycles. The molecule has 1 unspecified atom stereocenters. The van der Waals surface area contributed by atoms with Crippen molar-refractivity contribution in [2.75, 3.05) is 7.11 Å². The first-order chi connectivity index (χ1) is 7.58. The van der Waals surface area contributed by atoms with Crippen molar-refractivity contribution in [2.24, 2.45) is 11.7 Å². The third kappa shape index (κ3) is 3.20. The van der Waals surface area contributed by atoms with Crippen LogP contribution in [-0.4, -0.2) is 12.1 Å². The highest BCUT2D eigenvalue weighted by Crippen LogP contribution is 2.21. The Bertz CT molecular complexity index is 376. The number of thiocarbonyl (C=S) groups is 1. The number of nitrogens with two attached hydrogens (primary N) is 1. The summed E-state index contributed by atoms with van der Waals surface area (Å²) in [5.74, 6) is 1.15. The van der Waals surface area contributed by atoms with Gasteiger partial charge in [-0.25, -0.2) is 0 Å². The van der Waals surface area contributed by atoms with Gasteiger partial charge in [-0.3, -0.25) is 0 Å². The summed E-state index contributed by atoms with van der Waals surface area (Å²) >= 11 is 5.00. The van der Waals surface area contributed by atoms with Gasteiger partial charge >= 0.3 is 0 Å². The standard InChI is InChI=1S/C13H19NOS/c1-4-10-8-12(15-3)6-5-11(10)7-9(2)13(14)16/h5-6,8-9H,4,7H2,1-3H3,(H2,14,16). The molecule has 0 spiro atoms. The van der Waals surface area contributed by atoms with Gasteiger partial charge in [-0.1, -0.05) is 32.1 Å². The quantitative estimate of drug-likeness (QED) is 0.800. The predicted octanol–water partition coefficient (Wildman–Crippen LogP) is 2.72. The molecule has 2 nitrogen and oxygen atoms in total. The van der Waals surface area contributed by atoms with Gasteiger partial charge in [0.1, 0.15) is 5.75 Å². The van der Waals surface area contributed by atoms with Crippen LogP contribution in [0.3, 0.4) is 0 Å². The zero-order valence-electron chi connectivity index (χ0n) is 10.1. The van der Waals surface area contributed by atoms with Crippen molar-refractivity contribution in [3.63, 3.8) is 0 Å². The summed E-state index contributed by atoms with van der Waals surface area (Å²) in [6, 6.07) is 6.18. The van der Waals surface area contributed by atoms with E-state index in [2.05, 4.69) is 26.0 Å². The summed E-state index contributed by atoms with van der Waals surface area (Å²) in [5, 5.41) is 0. The fourth-order valence-electron chi connectivity index (χ4n) is 1.69. The zero-order valence-corrected chi connectivity index (χ0v) is 10.9. The third-order valence-corrected chi connectivity index (χ3v) is 3.21. The first-order valence-corrected chi connectivity index (χ1v) is 5.94. The van der Waals surface area contributed by atoms with E-state index in [9.17, 15) is 0 Å². The molecule has 0 fully saturated rings. The van der Waals surface area contributed by atoms with Crippen LogP contribution in [0.1, 0.15) is 25.0 Å². The van der Waals surface area contributed by atoms with Gasteiger partial charge in [-0.05, 0) is 36.1 Å². The number of methoxy groups -OCH3 is 1. The number of rotatable bonds is 5. The molecule has 0 aliphatic rings. The fraction of sp³-hybridized carbons (Fsp3) is 0.462. The van der Waals surface area contributed by atoms with E-state index >= 15 is 0 Å². The van der Waals surface area contributed by atoms with E-state index in [1.807, 2.05) is 6.07 Å². The molecule has 0 radical (unpaired) electrons. The second-order valence-electron chi connectivity index (χ2n) is 4.00. The smallest absolute Gasteiger partial charge is 0.119 e. The maximum atomic E-state index is 5.64. The van der Waals surface area contributed by atoms with E-state index in [-0.39, 0.29) is 5.92 Å². The number of ether oxygens (including phenoxy) is 1. The SMILES string of the molecule is CCc1cc(OC)ccc1CC(C)C(N)=S. The van der Waals surface area contributed by atoms with Gasteiger partial charge in [-0.2, -0.15) is 0 Å². The van der Waals surface area contributed by atoms with Crippen molar-refractivity contribution in [3.8, 4) is 5.75 Å². The van der Waals surface area contributed by atoms with Crippen molar-refractivity contribution in [1.82, 2.24) is 0 Å². The maximum absolute atomic E-state index is 5.64. The highest BCUT2D eigenvalue weighted by Gasteiger charge is 2.09. The van der Waals surface area contributed by atoms with Crippen LogP contribution in [0.25, 0.3) is 0 Å². The van der Waals surface area contributed by atoms with Crippen LogP contribution in [0.5, 0.6) is 5.75 Å². The Morgan fingerprint density at radius 2 is 2.12 bits per heavy atom. The van der Waals surface area contributed by atoms with Crippen molar-refractivity contribution < 1.29 is 4.74 Å². The first-order valence-electron chi connectivity index (χ1n) is 5.53. The van der Waals surface area contributed by atoms with Crippen molar-refractivity contribution >= 4 is 17.2 Å². The molecule has 0 amide bonds. The molecule has 0 aliphatic heterocycles. The van der Waals surface area contributed by atoms with Crippen molar-refractivity contribution in [3.05, 3.63) is 29.3 Å². The minimum Gasteiger partial charge on any atom is -0.497 e. The molecule has 0 heterocycles. The number of hydrogen-bond acceptors (Lipinski definition) is 2. The lowest BCUT2D eigenvalue weighted by molar-refractivity contribution is 0.414. The van der Waals surface area contributed by atoms with E-state index < -0.39 is 0 Å². The largest absolute Gasteiger partial charge is 0.497 e. The number of aryl methyl sites for hydroxylation is 1. The summed E-state index contributed by atoms with van der Waals surface area (Å²) in [6.07, 6.45) is 1.90. The molecule has 16 heavy (non-hydrogen) atoms. The average Bonchev–Trinajstić information content (AvgIpc) is 2.29. The molecule has 88 valence electrons. The number of hydrogen-bond donors (Lipinski definition) is 1. The van der Waals surface area contributed by atoms with Gasteiger partial charge in [0.15, 0.2) is 0 Å². The summed E-state index contributed by atoms with van der Waals surface area (Å²) in [6.45, 7) is 4.20. The molecule has 0 aromatic heterocycles. The van der Waals surface area contributed by atoms with E-state index in [4.69, 9.17) is 22.7 Å². The van der Waals surface area contributed by atoms with E-state index in [1.54, 1.807) is 7.11 Å². The first kappa shape index (κ1) is 13.0. The van der Waals surface area contributed by atoms with Crippen LogP contribution in [0.4, 0.5) is 0 Å². The lowest BCUT2D eigenvalue weighted by Gasteiger charge is -2.14. The summed E-state index contributed by atoms with van der Waals surface area (Å²) in [7, 11) is 1.69. The van der Waals surface area contributed by atoms with Crippen molar-refractivity contribution in [1.29, 1.82) is 0 Å². The van der Waals surface area contributed by atoms with E-state index in [0.29, 0.717) is 4.99 Å². The van der Waals surface area contributed by atoms with Crippen molar-refractivity contribution in [2.45, 2.75) is 26.7 Å². The molecule has 2 N–H and O–H groups in total. The predicted molar refractivity (Wildman–Crippen MR) is 72.0 cm³/mol. The maximum Gasteiger partial charge on any atom is 0.119 e. The minimum atomic E-state index is 0.244. The second-order valence-corrected chi connectivity index (χ2v) is 4.47. The van der Waals surface area contributed by atoms with E-state index in [0.717, 1.165) is 18.6 Å². The van der Waals surface area contributed by atoms with Crippen LogP contribution >= 0.6 is 12.2 Å². The van der Waals surface area contributed by atoms with Gasteiger partial charge in [0, 0.05) is 5.92 Å². The summed E-state index contributed by atoms with van der Waals surface area (Å²) < 4.78 is 5.21. The monoisotopic (exact) mass is 237 g/mol. The summed E-state index contributed by atoms with van der Waals surface area (Å²) in [4.78, 5) is 0.581. The molecule has 1 atom stereocenters. The molecule has 1 aromatic rings. The Morgan fingerprint density at radius 3 is 2.62 bits per heavy atom. The molecule has 0 bridgehead atoms. The fourth-order valence-corrected chi connectivity index (χ4v) is 1.77. The van der Waals surface area contributed by atoms with E-state index in [1.165, 1.54) is 11.1 Å². The van der Waals surface area contributed by atoms with Gasteiger partial charge in [0.25, 0.3) is 0 Å². The highest BCUT2D eigenvalue weighted by atomic mass is 32.1. The Labute approximate surface area is 103 Å². The zero-order chi connectivity index (χ0) is 12.1. The van der Waals surface area contributed by atoms with Gasteiger partial charge in [0.05, 0.1) is 12.1 Å². The molecule has 0 aliphatic carbocycles. The Morgan fingerprint density at radius 1 is 1.44 bits per heavy atom. The van der Waals surface area contributed by atoms with Gasteiger partial charge in [-0.15, -0.1) is 0 Å². The van der Waals surface area contributed by atoms with Crippen LogP contribution in [0, 0.1) is 5.92 Å². The average molecular weight is 237 g/mol. The Kier molecular flexibility index (Phi) is 4.74. The van der Waals surface area contributed by atoms with Crippen LogP contribution in [0.15, 0.2) is 18.2 Å². The molecule has 1 rings (SSSR count). The topological polar surface area (TPSA) is 35.2 Å². The van der Waals surface area contributed by atoms with Crippen LogP contribution < -0.4 is 10.5 Å². The lowest BCUT2D eigenvalue weighted by atomic mass is 9.95. The lowest BCUT2D eigenvalue weighted by Crippen LogP contribution is -2.20. The molecule has 0 saturated carbocycles. The minimum absolute atomic E-state index is 0.244. The highest BCUT2D eigenvalue weighted by molar-refractivity contribution is 7.80. The molecule has 0 saturated heterocycles. The Balaban J connectivity index is 2.91. The Hall–Kier alpha value is -1.09.